The normalized spacial score (nSPS) is 13.0. The van der Waals surface area contributed by atoms with Gasteiger partial charge in [-0.2, -0.15) is 0 Å². The molecule has 0 unspecified atom stereocenters. The van der Waals surface area contributed by atoms with Crippen LogP contribution in [0.2, 0.25) is 0 Å². The van der Waals surface area contributed by atoms with Crippen molar-refractivity contribution < 1.29 is 33.7 Å². The smallest absolute Gasteiger partial charge is 0.463 e. The Balaban J connectivity index is 0. The molecule has 76 valence electrons. The molecule has 0 heterocycles. The minimum absolute atomic E-state index is 0. The fourth-order valence-corrected chi connectivity index (χ4v) is 0.791. The maximum atomic E-state index is 11.1. The van der Waals surface area contributed by atoms with Crippen molar-refractivity contribution in [1.82, 2.24) is 0 Å². The molecule has 0 fully saturated rings. The van der Waals surface area contributed by atoms with Gasteiger partial charge in [0.15, 0.2) is 0 Å². The van der Waals surface area contributed by atoms with Crippen molar-refractivity contribution in [2.75, 3.05) is 13.2 Å². The number of ether oxygens (including phenoxy) is 2. The van der Waals surface area contributed by atoms with E-state index in [9.17, 15) is 4.79 Å². The second-order valence-electron chi connectivity index (χ2n) is 2.48. The van der Waals surface area contributed by atoms with E-state index in [0.717, 1.165) is 0 Å². The number of carbonyl (C=O) groups is 1. The van der Waals surface area contributed by atoms with Gasteiger partial charge in [-0.05, 0) is 13.8 Å². The molecule has 0 saturated carbocycles. The molecule has 0 aliphatic rings. The predicted molar refractivity (Wildman–Crippen MR) is 50.8 cm³/mol. The summed E-state index contributed by atoms with van der Waals surface area (Å²) in [5, 5.41) is 0. The van der Waals surface area contributed by atoms with Gasteiger partial charge in [-0.1, -0.05) is 18.8 Å². The van der Waals surface area contributed by atoms with Crippen LogP contribution in [0.15, 0.2) is 11.6 Å². The largest absolute Gasteiger partial charge is 2.00 e. The third-order valence-electron chi connectivity index (χ3n) is 1.37. The van der Waals surface area contributed by atoms with Crippen molar-refractivity contribution in [3.8, 4) is 0 Å². The van der Waals surface area contributed by atoms with E-state index in [1.165, 1.54) is 0 Å². The molecule has 0 bridgehead atoms. The third kappa shape index (κ3) is 7.22. The van der Waals surface area contributed by atoms with Gasteiger partial charge in [0.25, 0.3) is 0 Å². The van der Waals surface area contributed by atoms with Crippen LogP contribution in [0.5, 0.6) is 0 Å². The maximum Gasteiger partial charge on any atom is 2.00 e. The van der Waals surface area contributed by atoms with Gasteiger partial charge in [-0.15, -0.1) is 0 Å². The molecule has 14 heavy (non-hydrogen) atoms. The van der Waals surface area contributed by atoms with Crippen molar-refractivity contribution in [1.29, 1.82) is 0 Å². The van der Waals surface area contributed by atoms with Crippen LogP contribution < -0.4 is 0 Å². The number of rotatable bonds is 5. The fraction of sp³-hybridized carbons (Fsp3) is 0.500. The van der Waals surface area contributed by atoms with Gasteiger partial charge < -0.3 is 23.3 Å². The van der Waals surface area contributed by atoms with Crippen LogP contribution in [0, 0.1) is 13.8 Å². The van der Waals surface area contributed by atoms with Crippen molar-refractivity contribution in [3.63, 3.8) is 0 Å². The monoisotopic (exact) mass is 248 g/mol. The maximum absolute atomic E-state index is 11.1. The second kappa shape index (κ2) is 9.35. The quantitative estimate of drug-likeness (QED) is 0.321. The summed E-state index contributed by atoms with van der Waals surface area (Å²) in [6, 6.07) is 0. The molecule has 0 N–H and O–H groups in total. The average Bonchev–Trinajstić information content (AvgIpc) is 2.05. The molecule has 0 aliphatic heterocycles. The third-order valence-corrected chi connectivity index (χ3v) is 1.37. The average molecular weight is 250 g/mol. The first kappa shape index (κ1) is 16.2. The molecule has 0 spiro atoms. The molecular weight excluding hydrogens is 233 g/mol. The van der Waals surface area contributed by atoms with Gasteiger partial charge >= 0.3 is 25.4 Å². The van der Waals surface area contributed by atoms with Gasteiger partial charge in [-0.3, -0.25) is 0 Å². The number of esters is 1. The van der Waals surface area contributed by atoms with Gasteiger partial charge in [-0.25, -0.2) is 4.79 Å². The van der Waals surface area contributed by atoms with Gasteiger partial charge in [0.2, 0.25) is 0 Å². The Kier molecular flexibility index (Phi) is 10.8. The minimum Gasteiger partial charge on any atom is -0.463 e. The molecule has 1 atom stereocenters. The van der Waals surface area contributed by atoms with Crippen molar-refractivity contribution in [2.45, 2.75) is 20.0 Å². The molecule has 3 nitrogen and oxygen atoms in total. The van der Waals surface area contributed by atoms with Crippen LogP contribution in [-0.4, -0.2) is 25.3 Å². The molecular formula is C10H16O3Zn. The van der Waals surface area contributed by atoms with Crippen molar-refractivity contribution >= 4 is 5.97 Å². The van der Waals surface area contributed by atoms with Crippen LogP contribution in [0.1, 0.15) is 13.8 Å². The van der Waals surface area contributed by atoms with E-state index in [0.29, 0.717) is 18.8 Å². The summed E-state index contributed by atoms with van der Waals surface area (Å²) in [6.45, 7) is 11.3. The molecule has 0 aromatic carbocycles. The zero-order valence-corrected chi connectivity index (χ0v) is 11.9. The van der Waals surface area contributed by atoms with Crippen molar-refractivity contribution in [2.24, 2.45) is 0 Å². The van der Waals surface area contributed by atoms with Crippen LogP contribution in [0.25, 0.3) is 0 Å². The SMILES string of the molecule is [CH2-]CO[C@@H]([CH2-])/C=C(\C)C(=O)OCC.[Zn+2]. The molecule has 4 heteroatoms. The Morgan fingerprint density at radius 1 is 1.57 bits per heavy atom. The Bertz CT molecular complexity index is 190. The predicted octanol–water partition coefficient (Wildman–Crippen LogP) is 1.55. The number of carbonyl (C=O) groups excluding carboxylic acids is 1. The van der Waals surface area contributed by atoms with Gasteiger partial charge in [0.1, 0.15) is 0 Å². The fourth-order valence-electron chi connectivity index (χ4n) is 0.791. The standard InChI is InChI=1S/C10H16O3.Zn/c1-5-12-9(4)7-8(3)10(11)13-6-2;/h7,9H,1,4-6H2,2-3H3;/q-2;+2/b8-7+;/t9-;/m0./s1. The van der Waals surface area contributed by atoms with E-state index < -0.39 is 0 Å². The topological polar surface area (TPSA) is 35.5 Å². The Hall–Kier alpha value is -0.207. The van der Waals surface area contributed by atoms with E-state index >= 15 is 0 Å². The van der Waals surface area contributed by atoms with E-state index in [1.807, 2.05) is 0 Å². The molecule has 0 aromatic rings. The molecule has 0 amide bonds. The van der Waals surface area contributed by atoms with Crippen LogP contribution in [0.3, 0.4) is 0 Å². The summed E-state index contributed by atoms with van der Waals surface area (Å²) in [7, 11) is 0. The number of hydrogen-bond donors (Lipinski definition) is 0. The first-order valence-corrected chi connectivity index (χ1v) is 4.21. The zero-order chi connectivity index (χ0) is 10.3. The van der Waals surface area contributed by atoms with Crippen molar-refractivity contribution in [3.05, 3.63) is 25.5 Å². The minimum atomic E-state index is -0.345. The van der Waals surface area contributed by atoms with E-state index in [4.69, 9.17) is 9.47 Å². The summed E-state index contributed by atoms with van der Waals surface area (Å²) < 4.78 is 9.81. The Labute approximate surface area is 98.6 Å². The Morgan fingerprint density at radius 2 is 2.14 bits per heavy atom. The van der Waals surface area contributed by atoms with Gasteiger partial charge in [0.05, 0.1) is 6.61 Å². The van der Waals surface area contributed by atoms with Gasteiger partial charge in [0, 0.05) is 5.57 Å². The van der Waals surface area contributed by atoms with E-state index in [1.54, 1.807) is 19.9 Å². The molecule has 0 rings (SSSR count). The van der Waals surface area contributed by atoms with E-state index in [-0.39, 0.29) is 31.6 Å². The first-order valence-electron chi connectivity index (χ1n) is 4.21. The second-order valence-corrected chi connectivity index (χ2v) is 2.48. The summed E-state index contributed by atoms with van der Waals surface area (Å²) in [5.74, 6) is -0.330. The molecule has 0 saturated heterocycles. The summed E-state index contributed by atoms with van der Waals surface area (Å²) in [4.78, 5) is 11.1. The molecule has 0 aromatic heterocycles. The summed E-state index contributed by atoms with van der Waals surface area (Å²) in [5.41, 5.74) is 0.510. The summed E-state index contributed by atoms with van der Waals surface area (Å²) in [6.07, 6.45) is 1.27. The number of hydrogen-bond acceptors (Lipinski definition) is 3. The van der Waals surface area contributed by atoms with Crippen LogP contribution in [-0.2, 0) is 33.7 Å². The Morgan fingerprint density at radius 3 is 2.57 bits per heavy atom. The van der Waals surface area contributed by atoms with Crippen LogP contribution in [0.4, 0.5) is 0 Å². The van der Waals surface area contributed by atoms with Crippen LogP contribution >= 0.6 is 0 Å². The zero-order valence-electron chi connectivity index (χ0n) is 8.91. The first-order chi connectivity index (χ1) is 6.11. The van der Waals surface area contributed by atoms with E-state index in [2.05, 4.69) is 13.8 Å². The molecule has 0 radical (unpaired) electrons. The summed E-state index contributed by atoms with van der Waals surface area (Å²) >= 11 is 0. The molecule has 0 aliphatic carbocycles.